The Morgan fingerprint density at radius 2 is 1.52 bits per heavy atom. The van der Waals surface area contributed by atoms with Crippen LogP contribution in [0.15, 0.2) is 24.3 Å². The Balaban J connectivity index is 1.59. The van der Waals surface area contributed by atoms with Crippen molar-refractivity contribution in [2.75, 3.05) is 0 Å². The minimum atomic E-state index is 0.473. The van der Waals surface area contributed by atoms with E-state index in [4.69, 9.17) is 0 Å². The molecule has 0 heterocycles. The fraction of sp³-hybridized carbons (Fsp3) is 0.700. The zero-order valence-electron chi connectivity index (χ0n) is 13.5. The molecule has 1 aromatic carbocycles. The highest BCUT2D eigenvalue weighted by Gasteiger charge is 2.51. The van der Waals surface area contributed by atoms with Crippen LogP contribution in [0, 0.1) is 17.8 Å². The normalized spacial score (nSPS) is 38.7. The first-order valence-corrected chi connectivity index (χ1v) is 9.12. The molecule has 0 spiro atoms. The van der Waals surface area contributed by atoms with Gasteiger partial charge in [0, 0.05) is 12.0 Å². The van der Waals surface area contributed by atoms with E-state index in [-0.39, 0.29) is 0 Å². The number of hydrogen-bond donors (Lipinski definition) is 1. The third kappa shape index (κ3) is 2.34. The van der Waals surface area contributed by atoms with Crippen LogP contribution in [0.25, 0.3) is 0 Å². The molecular formula is C20H30N+. The van der Waals surface area contributed by atoms with E-state index in [9.17, 15) is 0 Å². The lowest BCUT2D eigenvalue weighted by molar-refractivity contribution is -0.428. The van der Waals surface area contributed by atoms with Crippen LogP contribution < -0.4 is 5.73 Å². The van der Waals surface area contributed by atoms with Gasteiger partial charge in [0.2, 0.25) is 0 Å². The summed E-state index contributed by atoms with van der Waals surface area (Å²) in [5.74, 6) is 3.12. The van der Waals surface area contributed by atoms with Crippen molar-refractivity contribution in [1.82, 2.24) is 0 Å². The predicted octanol–water partition coefficient (Wildman–Crippen LogP) is 4.24. The second-order valence-corrected chi connectivity index (χ2v) is 8.31. The Labute approximate surface area is 129 Å². The Bertz CT molecular complexity index is 466. The van der Waals surface area contributed by atoms with Gasteiger partial charge in [-0.05, 0) is 67.3 Å². The zero-order chi connectivity index (χ0) is 14.4. The van der Waals surface area contributed by atoms with Crippen LogP contribution in [-0.2, 0) is 5.41 Å². The maximum atomic E-state index is 4.32. The van der Waals surface area contributed by atoms with Gasteiger partial charge >= 0.3 is 0 Å². The van der Waals surface area contributed by atoms with Crippen LogP contribution in [0.2, 0.25) is 0 Å². The summed E-state index contributed by atoms with van der Waals surface area (Å²) in [6.45, 7) is 2.25. The molecule has 0 saturated heterocycles. The van der Waals surface area contributed by atoms with Gasteiger partial charge in [-0.3, -0.25) is 0 Å². The Morgan fingerprint density at radius 1 is 1.00 bits per heavy atom. The van der Waals surface area contributed by atoms with E-state index in [2.05, 4.69) is 36.9 Å². The minimum absolute atomic E-state index is 0.473. The Hall–Kier alpha value is -0.820. The quantitative estimate of drug-likeness (QED) is 0.856. The molecule has 1 aromatic rings. The third-order valence-corrected chi connectivity index (χ3v) is 6.67. The fourth-order valence-electron chi connectivity index (χ4n) is 6.09. The highest BCUT2D eigenvalue weighted by Crippen LogP contribution is 2.60. The van der Waals surface area contributed by atoms with Crippen LogP contribution in [0.4, 0.5) is 0 Å². The summed E-state index contributed by atoms with van der Waals surface area (Å²) < 4.78 is 0. The topological polar surface area (TPSA) is 27.6 Å². The Morgan fingerprint density at radius 3 is 2.00 bits per heavy atom. The fourth-order valence-corrected chi connectivity index (χ4v) is 6.09. The average molecular weight is 284 g/mol. The van der Waals surface area contributed by atoms with Crippen molar-refractivity contribution < 1.29 is 5.73 Å². The molecule has 4 aliphatic carbocycles. The molecular weight excluding hydrogens is 254 g/mol. The van der Waals surface area contributed by atoms with E-state index < -0.39 is 0 Å². The van der Waals surface area contributed by atoms with Gasteiger partial charge in [-0.15, -0.1) is 0 Å². The molecule has 114 valence electrons. The zero-order valence-corrected chi connectivity index (χ0v) is 13.5. The summed E-state index contributed by atoms with van der Waals surface area (Å²) in [6.07, 6.45) is 11.5. The number of benzene rings is 1. The van der Waals surface area contributed by atoms with Crippen LogP contribution in [0.5, 0.6) is 0 Å². The van der Waals surface area contributed by atoms with Crippen molar-refractivity contribution in [2.45, 2.75) is 69.7 Å². The lowest BCUT2D eigenvalue weighted by Crippen LogP contribution is -2.53. The number of quaternary nitrogens is 1. The van der Waals surface area contributed by atoms with Gasteiger partial charge in [0.25, 0.3) is 0 Å². The van der Waals surface area contributed by atoms with Crippen molar-refractivity contribution in [1.29, 1.82) is 0 Å². The highest BCUT2D eigenvalue weighted by molar-refractivity contribution is 5.32. The van der Waals surface area contributed by atoms with Gasteiger partial charge in [-0.2, -0.15) is 0 Å². The molecule has 4 fully saturated rings. The van der Waals surface area contributed by atoms with E-state index >= 15 is 0 Å². The number of hydrogen-bond acceptors (Lipinski definition) is 0. The van der Waals surface area contributed by atoms with Gasteiger partial charge in [0.1, 0.15) is 6.04 Å². The standard InChI is InChI=1S/C20H29N/c1-2-3-19(21)17-4-6-18(7-5-17)20-11-14-8-15(12-20)10-16(9-14)13-20/h4-7,14-16,19H,2-3,8-13,21H2,1H3/p+1/t14?,15?,16?,19-,20?/m0/s1. The maximum absolute atomic E-state index is 4.32. The van der Waals surface area contributed by atoms with Gasteiger partial charge < -0.3 is 5.73 Å². The smallest absolute Gasteiger partial charge is 0.110 e. The summed E-state index contributed by atoms with van der Waals surface area (Å²) in [7, 11) is 0. The van der Waals surface area contributed by atoms with Gasteiger partial charge in [-0.25, -0.2) is 0 Å². The molecule has 0 unspecified atom stereocenters. The molecule has 4 saturated carbocycles. The summed E-state index contributed by atoms with van der Waals surface area (Å²) in [6, 6.07) is 10.1. The molecule has 0 aromatic heterocycles. The van der Waals surface area contributed by atoms with Crippen LogP contribution in [0.1, 0.15) is 75.5 Å². The summed E-state index contributed by atoms with van der Waals surface area (Å²) >= 11 is 0. The summed E-state index contributed by atoms with van der Waals surface area (Å²) in [5, 5.41) is 0. The molecule has 21 heavy (non-hydrogen) atoms. The molecule has 4 aliphatic rings. The molecule has 5 rings (SSSR count). The second kappa shape index (κ2) is 5.12. The SMILES string of the molecule is CCC[C@H]([NH3+])c1ccc(C23CC4CC(CC(C4)C2)C3)cc1. The first-order valence-electron chi connectivity index (χ1n) is 9.12. The predicted molar refractivity (Wildman–Crippen MR) is 86.8 cm³/mol. The first-order chi connectivity index (χ1) is 10.2. The largest absolute Gasteiger partial charge is 0.351 e. The summed E-state index contributed by atoms with van der Waals surface area (Å²) in [5.41, 5.74) is 7.95. The second-order valence-electron chi connectivity index (χ2n) is 8.31. The van der Waals surface area contributed by atoms with Gasteiger partial charge in [0.15, 0.2) is 0 Å². The molecule has 0 radical (unpaired) electrons. The molecule has 1 heteroatoms. The maximum Gasteiger partial charge on any atom is 0.110 e. The van der Waals surface area contributed by atoms with Crippen molar-refractivity contribution >= 4 is 0 Å². The van der Waals surface area contributed by atoms with Crippen LogP contribution in [-0.4, -0.2) is 0 Å². The van der Waals surface area contributed by atoms with E-state index in [1.807, 2.05) is 0 Å². The summed E-state index contributed by atoms with van der Waals surface area (Å²) in [4.78, 5) is 0. The van der Waals surface area contributed by atoms with Crippen LogP contribution in [0.3, 0.4) is 0 Å². The van der Waals surface area contributed by atoms with E-state index in [1.165, 1.54) is 56.9 Å². The van der Waals surface area contributed by atoms with Crippen LogP contribution >= 0.6 is 0 Å². The monoisotopic (exact) mass is 284 g/mol. The lowest BCUT2D eigenvalue weighted by atomic mass is 9.48. The van der Waals surface area contributed by atoms with E-state index in [0.29, 0.717) is 11.5 Å². The van der Waals surface area contributed by atoms with Gasteiger partial charge in [0.05, 0.1) is 0 Å². The minimum Gasteiger partial charge on any atom is -0.351 e. The average Bonchev–Trinajstić information content (AvgIpc) is 2.46. The Kier molecular flexibility index (Phi) is 3.37. The van der Waals surface area contributed by atoms with E-state index in [0.717, 1.165) is 17.8 Å². The molecule has 0 amide bonds. The molecule has 4 bridgehead atoms. The first kappa shape index (κ1) is 13.8. The molecule has 1 atom stereocenters. The van der Waals surface area contributed by atoms with Crippen molar-refractivity contribution in [3.05, 3.63) is 35.4 Å². The van der Waals surface area contributed by atoms with Crippen molar-refractivity contribution in [3.8, 4) is 0 Å². The van der Waals surface area contributed by atoms with Gasteiger partial charge in [-0.1, -0.05) is 37.6 Å². The number of rotatable bonds is 4. The van der Waals surface area contributed by atoms with Crippen molar-refractivity contribution in [2.24, 2.45) is 17.8 Å². The third-order valence-electron chi connectivity index (χ3n) is 6.67. The highest BCUT2D eigenvalue weighted by atomic mass is 14.6. The molecule has 3 N–H and O–H groups in total. The van der Waals surface area contributed by atoms with Crippen molar-refractivity contribution in [3.63, 3.8) is 0 Å². The molecule has 0 aliphatic heterocycles. The van der Waals surface area contributed by atoms with E-state index in [1.54, 1.807) is 5.56 Å². The molecule has 1 nitrogen and oxygen atoms in total. The lowest BCUT2D eigenvalue weighted by Gasteiger charge is -2.57.